The van der Waals surface area contributed by atoms with Crippen molar-refractivity contribution in [2.45, 2.75) is 6.54 Å². The molecule has 1 N–H and O–H groups in total. The Balaban J connectivity index is 1.35. The first-order valence-electron chi connectivity index (χ1n) is 9.47. The fourth-order valence-corrected chi connectivity index (χ4v) is 2.86. The minimum atomic E-state index is -0.329. The van der Waals surface area contributed by atoms with Gasteiger partial charge in [-0.15, -0.1) is 10.2 Å². The topological polar surface area (TPSA) is 109 Å². The van der Waals surface area contributed by atoms with Crippen LogP contribution in [0.2, 0.25) is 0 Å². The first kappa shape index (κ1) is 19.7. The Morgan fingerprint density at radius 1 is 1.06 bits per heavy atom. The summed E-state index contributed by atoms with van der Waals surface area (Å²) in [6, 6.07) is 25.7. The van der Waals surface area contributed by atoms with Crippen molar-refractivity contribution in [2.75, 3.05) is 0 Å². The number of benzene rings is 3. The lowest BCUT2D eigenvalue weighted by molar-refractivity contribution is 0.0955. The second kappa shape index (κ2) is 9.24. The number of carbonyl (C=O) groups excluding carboxylic acids is 1. The van der Waals surface area contributed by atoms with Crippen molar-refractivity contribution in [3.8, 4) is 17.5 Å². The number of nitrogens with zero attached hydrogens (tertiary/aromatic N) is 6. The molecule has 0 atom stereocenters. The van der Waals surface area contributed by atoms with Crippen LogP contribution in [0.25, 0.3) is 11.4 Å². The molecule has 0 aliphatic rings. The highest BCUT2D eigenvalue weighted by Gasteiger charge is 2.07. The Bertz CT molecular complexity index is 1260. The molecule has 3 aromatic carbocycles. The molecule has 0 saturated heterocycles. The van der Waals surface area contributed by atoms with E-state index in [4.69, 9.17) is 5.26 Å². The molecule has 8 heteroatoms. The van der Waals surface area contributed by atoms with Crippen molar-refractivity contribution in [3.63, 3.8) is 0 Å². The highest BCUT2D eigenvalue weighted by Crippen LogP contribution is 2.12. The van der Waals surface area contributed by atoms with Crippen LogP contribution in [0.15, 0.2) is 84.0 Å². The predicted octanol–water partition coefficient (Wildman–Crippen LogP) is 3.02. The van der Waals surface area contributed by atoms with Crippen LogP contribution in [0, 0.1) is 11.3 Å². The van der Waals surface area contributed by atoms with Crippen LogP contribution >= 0.6 is 0 Å². The van der Waals surface area contributed by atoms with Gasteiger partial charge in [0.05, 0.1) is 24.4 Å². The number of carbonyl (C=O) groups is 1. The zero-order chi connectivity index (χ0) is 21.5. The predicted molar refractivity (Wildman–Crippen MR) is 115 cm³/mol. The van der Waals surface area contributed by atoms with Crippen molar-refractivity contribution >= 4 is 12.1 Å². The van der Waals surface area contributed by atoms with Gasteiger partial charge in [0, 0.05) is 11.1 Å². The number of hydrazone groups is 1. The standard InChI is InChI=1S/C23H17N7O/c24-14-18-5-4-6-19(13-18)15-25-27-23(31)21-11-9-17(10-12-21)16-30-28-22(26-29-30)20-7-2-1-3-8-20/h1-13,15H,16H2,(H,27,31). The quantitative estimate of drug-likeness (QED) is 0.390. The molecule has 0 fully saturated rings. The summed E-state index contributed by atoms with van der Waals surface area (Å²) in [6.07, 6.45) is 1.49. The minimum absolute atomic E-state index is 0.329. The van der Waals surface area contributed by atoms with Crippen molar-refractivity contribution < 1.29 is 4.79 Å². The van der Waals surface area contributed by atoms with E-state index in [9.17, 15) is 4.79 Å². The molecule has 0 aliphatic heterocycles. The summed E-state index contributed by atoms with van der Waals surface area (Å²) in [6.45, 7) is 0.440. The maximum absolute atomic E-state index is 12.3. The van der Waals surface area contributed by atoms with Crippen LogP contribution in [-0.2, 0) is 6.54 Å². The molecule has 1 heterocycles. The number of amides is 1. The molecule has 0 bridgehead atoms. The van der Waals surface area contributed by atoms with Gasteiger partial charge in [-0.25, -0.2) is 5.43 Å². The van der Waals surface area contributed by atoms with Gasteiger partial charge in [-0.2, -0.15) is 15.2 Å². The largest absolute Gasteiger partial charge is 0.271 e. The van der Waals surface area contributed by atoms with Gasteiger partial charge < -0.3 is 0 Å². The molecule has 0 radical (unpaired) electrons. The van der Waals surface area contributed by atoms with Crippen LogP contribution in [0.4, 0.5) is 0 Å². The second-order valence-electron chi connectivity index (χ2n) is 6.64. The van der Waals surface area contributed by atoms with Crippen LogP contribution in [0.5, 0.6) is 0 Å². The van der Waals surface area contributed by atoms with Gasteiger partial charge in [0.2, 0.25) is 5.82 Å². The summed E-state index contributed by atoms with van der Waals surface area (Å²) in [5.41, 5.74) is 6.06. The molecule has 0 spiro atoms. The second-order valence-corrected chi connectivity index (χ2v) is 6.64. The third-order valence-electron chi connectivity index (χ3n) is 4.42. The number of hydrogen-bond donors (Lipinski definition) is 1. The molecule has 0 saturated carbocycles. The highest BCUT2D eigenvalue weighted by atomic mass is 16.2. The smallest absolute Gasteiger partial charge is 0.267 e. The Morgan fingerprint density at radius 3 is 2.65 bits per heavy atom. The third-order valence-corrected chi connectivity index (χ3v) is 4.42. The van der Waals surface area contributed by atoms with Gasteiger partial charge in [-0.1, -0.05) is 54.6 Å². The van der Waals surface area contributed by atoms with E-state index in [0.29, 0.717) is 23.5 Å². The Labute approximate surface area is 178 Å². The normalized spacial score (nSPS) is 10.7. The average molecular weight is 407 g/mol. The zero-order valence-corrected chi connectivity index (χ0v) is 16.4. The molecule has 4 aromatic rings. The van der Waals surface area contributed by atoms with E-state index in [0.717, 1.165) is 16.7 Å². The molecule has 31 heavy (non-hydrogen) atoms. The van der Waals surface area contributed by atoms with Gasteiger partial charge in [-0.05, 0) is 40.6 Å². The molecule has 8 nitrogen and oxygen atoms in total. The number of nitrogens with one attached hydrogen (secondary N) is 1. The molecule has 0 unspecified atom stereocenters. The van der Waals surface area contributed by atoms with Crippen LogP contribution in [0.1, 0.15) is 27.0 Å². The first-order valence-corrected chi connectivity index (χ1v) is 9.47. The van der Waals surface area contributed by atoms with E-state index in [2.05, 4.69) is 32.0 Å². The summed E-state index contributed by atoms with van der Waals surface area (Å²) < 4.78 is 0. The SMILES string of the molecule is N#Cc1cccc(C=NNC(=O)c2ccc(Cn3nnc(-c4ccccc4)n3)cc2)c1. The highest BCUT2D eigenvalue weighted by molar-refractivity contribution is 5.94. The molecule has 150 valence electrons. The van der Waals surface area contributed by atoms with Gasteiger partial charge in [0.25, 0.3) is 5.91 Å². The van der Waals surface area contributed by atoms with Crippen molar-refractivity contribution in [1.82, 2.24) is 25.6 Å². The number of hydrogen-bond acceptors (Lipinski definition) is 6. The maximum atomic E-state index is 12.3. The van der Waals surface area contributed by atoms with Crippen molar-refractivity contribution in [2.24, 2.45) is 5.10 Å². The fourth-order valence-electron chi connectivity index (χ4n) is 2.86. The van der Waals surface area contributed by atoms with E-state index in [-0.39, 0.29) is 5.91 Å². The molecular formula is C23H17N7O. The Morgan fingerprint density at radius 2 is 1.87 bits per heavy atom. The van der Waals surface area contributed by atoms with Crippen LogP contribution < -0.4 is 5.43 Å². The monoisotopic (exact) mass is 407 g/mol. The van der Waals surface area contributed by atoms with Gasteiger partial charge in [-0.3, -0.25) is 4.79 Å². The summed E-state index contributed by atoms with van der Waals surface area (Å²) >= 11 is 0. The summed E-state index contributed by atoms with van der Waals surface area (Å²) in [5, 5.41) is 25.4. The number of aromatic nitrogens is 4. The lowest BCUT2D eigenvalue weighted by atomic mass is 10.1. The van der Waals surface area contributed by atoms with E-state index < -0.39 is 0 Å². The number of nitriles is 1. The maximum Gasteiger partial charge on any atom is 0.271 e. The molecule has 0 aliphatic carbocycles. The van der Waals surface area contributed by atoms with Crippen molar-refractivity contribution in [3.05, 3.63) is 101 Å². The molecule has 1 aromatic heterocycles. The third kappa shape index (κ3) is 5.05. The molecule has 1 amide bonds. The lowest BCUT2D eigenvalue weighted by Gasteiger charge is -2.03. The fraction of sp³-hybridized carbons (Fsp3) is 0.0435. The van der Waals surface area contributed by atoms with Crippen LogP contribution in [0.3, 0.4) is 0 Å². The zero-order valence-electron chi connectivity index (χ0n) is 16.4. The van der Waals surface area contributed by atoms with E-state index in [1.807, 2.05) is 42.5 Å². The first-order chi connectivity index (χ1) is 15.2. The lowest BCUT2D eigenvalue weighted by Crippen LogP contribution is -2.17. The van der Waals surface area contributed by atoms with E-state index in [1.165, 1.54) is 11.0 Å². The Hall–Kier alpha value is -4.64. The van der Waals surface area contributed by atoms with Gasteiger partial charge in [0.15, 0.2) is 0 Å². The van der Waals surface area contributed by atoms with E-state index >= 15 is 0 Å². The number of rotatable bonds is 6. The Kier molecular flexibility index (Phi) is 5.86. The summed E-state index contributed by atoms with van der Waals surface area (Å²) in [7, 11) is 0. The number of tetrazole rings is 1. The summed E-state index contributed by atoms with van der Waals surface area (Å²) in [4.78, 5) is 13.8. The van der Waals surface area contributed by atoms with Crippen molar-refractivity contribution in [1.29, 1.82) is 5.26 Å². The minimum Gasteiger partial charge on any atom is -0.267 e. The molecule has 4 rings (SSSR count). The average Bonchev–Trinajstić information content (AvgIpc) is 3.29. The van der Waals surface area contributed by atoms with Gasteiger partial charge in [0.1, 0.15) is 0 Å². The van der Waals surface area contributed by atoms with E-state index in [1.54, 1.807) is 36.4 Å². The summed E-state index contributed by atoms with van der Waals surface area (Å²) in [5.74, 6) is 0.235. The molecular weight excluding hydrogens is 390 g/mol. The van der Waals surface area contributed by atoms with Gasteiger partial charge >= 0.3 is 0 Å². The van der Waals surface area contributed by atoms with Crippen LogP contribution in [-0.4, -0.2) is 32.3 Å².